The van der Waals surface area contributed by atoms with Gasteiger partial charge in [0.05, 0.1) is 11.9 Å². The summed E-state index contributed by atoms with van der Waals surface area (Å²) in [6, 6.07) is 17.4. The molecule has 0 aliphatic carbocycles. The van der Waals surface area contributed by atoms with Gasteiger partial charge >= 0.3 is 0 Å². The van der Waals surface area contributed by atoms with Gasteiger partial charge in [-0.1, -0.05) is 36.4 Å². The van der Waals surface area contributed by atoms with E-state index in [-0.39, 0.29) is 11.1 Å². The number of aromatic carboxylic acids is 2. The molecule has 32 heavy (non-hydrogen) atoms. The van der Waals surface area contributed by atoms with Crippen LogP contribution in [-0.2, 0) is 12.8 Å². The second-order valence-corrected chi connectivity index (χ2v) is 9.24. The minimum atomic E-state index is -1.34. The third-order valence-electron chi connectivity index (χ3n) is 4.93. The third kappa shape index (κ3) is 5.77. The van der Waals surface area contributed by atoms with Crippen molar-refractivity contribution in [2.75, 3.05) is 23.0 Å². The van der Waals surface area contributed by atoms with Crippen LogP contribution in [0.5, 0.6) is 0 Å². The molecular formula is C24H22N2O4S2-2. The van der Waals surface area contributed by atoms with Crippen LogP contribution in [0.25, 0.3) is 0 Å². The fraction of sp³-hybridized carbons (Fsp3) is 0.167. The third-order valence-corrected chi connectivity index (χ3v) is 7.11. The summed E-state index contributed by atoms with van der Waals surface area (Å²) in [6.07, 6.45) is 0.688. The molecule has 0 fully saturated rings. The Balaban J connectivity index is 1.85. The summed E-state index contributed by atoms with van der Waals surface area (Å²) in [4.78, 5) is 25.3. The molecule has 8 heteroatoms. The summed E-state index contributed by atoms with van der Waals surface area (Å²) in [5, 5.41) is 23.5. The highest BCUT2D eigenvalue weighted by molar-refractivity contribution is 7.99. The van der Waals surface area contributed by atoms with E-state index in [2.05, 4.69) is 0 Å². The maximum absolute atomic E-state index is 11.8. The molecule has 0 aromatic heterocycles. The van der Waals surface area contributed by atoms with E-state index in [4.69, 9.17) is 11.5 Å². The normalized spacial score (nSPS) is 10.8. The number of para-hydroxylation sites is 2. The molecule has 0 radical (unpaired) electrons. The first-order valence-electron chi connectivity index (χ1n) is 9.90. The highest BCUT2D eigenvalue weighted by Crippen LogP contribution is 2.30. The van der Waals surface area contributed by atoms with Gasteiger partial charge in [-0.25, -0.2) is 0 Å². The lowest BCUT2D eigenvalue weighted by Crippen LogP contribution is -2.28. The minimum absolute atomic E-state index is 0.00383. The van der Waals surface area contributed by atoms with Gasteiger partial charge < -0.3 is 31.3 Å². The zero-order valence-electron chi connectivity index (χ0n) is 17.2. The number of thioether (sulfide) groups is 2. The molecular weight excluding hydrogens is 444 g/mol. The number of hydrogen-bond donors (Lipinski definition) is 2. The SMILES string of the molecule is Nc1ccccc1SCCc1c(C(=O)[O-])ccc(C(=O)[O-])c1CCSc1ccccc1N. The van der Waals surface area contributed by atoms with Crippen LogP contribution < -0.4 is 21.7 Å². The Morgan fingerprint density at radius 1 is 0.656 bits per heavy atom. The molecule has 0 bridgehead atoms. The lowest BCUT2D eigenvalue weighted by Gasteiger charge is -2.20. The summed E-state index contributed by atoms with van der Waals surface area (Å²) in [6.45, 7) is 0. The highest BCUT2D eigenvalue weighted by atomic mass is 32.2. The predicted octanol–water partition coefficient (Wildman–Crippen LogP) is 2.25. The Hall–Kier alpha value is -3.10. The minimum Gasteiger partial charge on any atom is -0.545 e. The van der Waals surface area contributed by atoms with Crippen LogP contribution in [0, 0.1) is 0 Å². The van der Waals surface area contributed by atoms with E-state index in [0.29, 0.717) is 46.8 Å². The molecule has 0 saturated heterocycles. The molecule has 0 heterocycles. The van der Waals surface area contributed by atoms with Crippen molar-refractivity contribution in [1.82, 2.24) is 0 Å². The number of carbonyl (C=O) groups excluding carboxylic acids is 2. The first kappa shape index (κ1) is 23.6. The number of carbonyl (C=O) groups is 2. The van der Waals surface area contributed by atoms with E-state index in [9.17, 15) is 19.8 Å². The second-order valence-electron chi connectivity index (χ2n) is 6.97. The molecule has 0 spiro atoms. The standard InChI is InChI=1S/C24H24N2O4S2/c25-19-5-1-3-7-21(19)31-13-11-15-16(12-14-32-22-8-4-2-6-20(22)26)18(24(29)30)10-9-17(15)23(27)28/h1-10H,11-14,25-26H2,(H,27,28)(H,29,30)/p-2. The maximum Gasteiger partial charge on any atom is 0.0718 e. The van der Waals surface area contributed by atoms with Crippen molar-refractivity contribution in [2.24, 2.45) is 0 Å². The largest absolute Gasteiger partial charge is 0.545 e. The van der Waals surface area contributed by atoms with Gasteiger partial charge in [0, 0.05) is 43.8 Å². The van der Waals surface area contributed by atoms with E-state index in [1.807, 2.05) is 36.4 Å². The Morgan fingerprint density at radius 2 is 1.03 bits per heavy atom. The van der Waals surface area contributed by atoms with Crippen LogP contribution in [0.1, 0.15) is 31.8 Å². The zero-order valence-corrected chi connectivity index (χ0v) is 18.8. The average Bonchev–Trinajstić information content (AvgIpc) is 2.76. The van der Waals surface area contributed by atoms with Crippen molar-refractivity contribution >= 4 is 46.8 Å². The Kier molecular flexibility index (Phi) is 8.08. The van der Waals surface area contributed by atoms with E-state index in [1.165, 1.54) is 35.7 Å². The highest BCUT2D eigenvalue weighted by Gasteiger charge is 2.16. The summed E-state index contributed by atoms with van der Waals surface area (Å²) >= 11 is 2.97. The molecule has 0 aliphatic heterocycles. The van der Waals surface area contributed by atoms with Crippen molar-refractivity contribution in [3.8, 4) is 0 Å². The number of hydrogen-bond acceptors (Lipinski definition) is 8. The number of anilines is 2. The van der Waals surface area contributed by atoms with Crippen LogP contribution in [-0.4, -0.2) is 23.4 Å². The molecule has 6 nitrogen and oxygen atoms in total. The van der Waals surface area contributed by atoms with Gasteiger partial charge in [0.1, 0.15) is 0 Å². The van der Waals surface area contributed by atoms with Gasteiger partial charge in [-0.2, -0.15) is 0 Å². The van der Waals surface area contributed by atoms with Crippen molar-refractivity contribution < 1.29 is 19.8 Å². The molecule has 0 amide bonds. The van der Waals surface area contributed by atoms with Crippen molar-refractivity contribution in [2.45, 2.75) is 22.6 Å². The van der Waals surface area contributed by atoms with E-state index < -0.39 is 11.9 Å². The average molecular weight is 467 g/mol. The lowest BCUT2D eigenvalue weighted by atomic mass is 9.92. The first-order chi connectivity index (χ1) is 15.4. The summed E-state index contributed by atoms with van der Waals surface area (Å²) < 4.78 is 0. The number of carboxylic acid groups (broad SMARTS) is 2. The van der Waals surface area contributed by atoms with Gasteiger partial charge in [-0.3, -0.25) is 0 Å². The van der Waals surface area contributed by atoms with Crippen molar-refractivity contribution in [1.29, 1.82) is 0 Å². The fourth-order valence-corrected chi connectivity index (χ4v) is 5.27. The fourth-order valence-electron chi connectivity index (χ4n) is 3.40. The summed E-state index contributed by atoms with van der Waals surface area (Å²) in [7, 11) is 0. The molecule has 0 aliphatic rings. The molecule has 0 atom stereocenters. The smallest absolute Gasteiger partial charge is 0.0718 e. The quantitative estimate of drug-likeness (QED) is 0.343. The molecule has 0 saturated carbocycles. The number of rotatable bonds is 10. The van der Waals surface area contributed by atoms with Gasteiger partial charge in [0.2, 0.25) is 0 Å². The number of benzene rings is 3. The van der Waals surface area contributed by atoms with Crippen molar-refractivity contribution in [3.05, 3.63) is 82.9 Å². The number of nitrogen functional groups attached to an aromatic ring is 2. The van der Waals surface area contributed by atoms with Crippen LogP contribution in [0.4, 0.5) is 11.4 Å². The molecule has 3 aromatic rings. The van der Waals surface area contributed by atoms with Crippen LogP contribution >= 0.6 is 23.5 Å². The number of carboxylic acids is 2. The lowest BCUT2D eigenvalue weighted by molar-refractivity contribution is -0.256. The molecule has 166 valence electrons. The molecule has 3 rings (SSSR count). The first-order valence-corrected chi connectivity index (χ1v) is 11.9. The van der Waals surface area contributed by atoms with Crippen molar-refractivity contribution in [3.63, 3.8) is 0 Å². The van der Waals surface area contributed by atoms with Gasteiger partial charge in [-0.15, -0.1) is 23.5 Å². The van der Waals surface area contributed by atoms with Crippen LogP contribution in [0.15, 0.2) is 70.5 Å². The summed E-state index contributed by atoms with van der Waals surface area (Å²) in [5.41, 5.74) is 14.1. The number of nitrogens with two attached hydrogens (primary N) is 2. The maximum atomic E-state index is 11.8. The van der Waals surface area contributed by atoms with Gasteiger partial charge in [-0.05, 0) is 48.2 Å². The van der Waals surface area contributed by atoms with E-state index in [0.717, 1.165) is 9.79 Å². The van der Waals surface area contributed by atoms with Gasteiger partial charge in [0.25, 0.3) is 0 Å². The molecule has 3 aromatic carbocycles. The second kappa shape index (κ2) is 11.0. The monoisotopic (exact) mass is 466 g/mol. The predicted molar refractivity (Wildman–Crippen MR) is 126 cm³/mol. The Bertz CT molecular complexity index is 1050. The van der Waals surface area contributed by atoms with Gasteiger partial charge in [0.15, 0.2) is 0 Å². The van der Waals surface area contributed by atoms with E-state index in [1.54, 1.807) is 12.1 Å². The van der Waals surface area contributed by atoms with E-state index >= 15 is 0 Å². The molecule has 0 unspecified atom stereocenters. The Labute approximate surface area is 195 Å². The Morgan fingerprint density at radius 3 is 1.38 bits per heavy atom. The molecule has 4 N–H and O–H groups in total. The summed E-state index contributed by atoms with van der Waals surface area (Å²) in [5.74, 6) is -1.63. The topological polar surface area (TPSA) is 132 Å². The van der Waals surface area contributed by atoms with Crippen LogP contribution in [0.3, 0.4) is 0 Å². The zero-order chi connectivity index (χ0) is 23.1. The van der Waals surface area contributed by atoms with Crippen LogP contribution in [0.2, 0.25) is 0 Å².